The van der Waals surface area contributed by atoms with Gasteiger partial charge in [-0.2, -0.15) is 0 Å². The number of hydrogen-bond acceptors (Lipinski definition) is 5. The molecule has 1 aromatic carbocycles. The Hall–Kier alpha value is -3.27. The number of nitrogens with one attached hydrogen (secondary N) is 2. The lowest BCUT2D eigenvalue weighted by Crippen LogP contribution is -2.44. The maximum absolute atomic E-state index is 13.0. The number of amides is 4. The molecule has 160 valence electrons. The molecule has 1 fully saturated rings. The van der Waals surface area contributed by atoms with Crippen molar-refractivity contribution in [1.29, 1.82) is 0 Å². The molecular weight excluding hydrogens is 408 g/mol. The second-order valence-electron chi connectivity index (χ2n) is 6.97. The number of primary amides is 1. The number of nitrogens with zero attached hydrogens (tertiary/aromatic N) is 1. The van der Waals surface area contributed by atoms with E-state index in [-0.39, 0.29) is 24.1 Å². The molecular formula is C20H24N4O5S. The molecule has 9 nitrogen and oxygen atoms in total. The van der Waals surface area contributed by atoms with Crippen LogP contribution in [0.4, 0.5) is 14.6 Å². The van der Waals surface area contributed by atoms with Gasteiger partial charge in [0.1, 0.15) is 10.8 Å². The van der Waals surface area contributed by atoms with Gasteiger partial charge in [-0.05, 0) is 55.2 Å². The third-order valence-corrected chi connectivity index (χ3v) is 5.96. The van der Waals surface area contributed by atoms with Crippen molar-refractivity contribution in [3.8, 4) is 16.2 Å². The lowest BCUT2D eigenvalue weighted by atomic mass is 10.1. The Kier molecular flexibility index (Phi) is 6.78. The highest BCUT2D eigenvalue weighted by molar-refractivity contribution is 7.20. The van der Waals surface area contributed by atoms with Crippen LogP contribution < -0.4 is 21.1 Å². The minimum atomic E-state index is -0.996. The molecule has 1 atom stereocenters. The zero-order chi connectivity index (χ0) is 21.7. The summed E-state index contributed by atoms with van der Waals surface area (Å²) >= 11 is 1.24. The lowest BCUT2D eigenvalue weighted by Gasteiger charge is -2.22. The van der Waals surface area contributed by atoms with E-state index in [9.17, 15) is 19.5 Å². The number of nitrogens with two attached hydrogens (primary N) is 1. The van der Waals surface area contributed by atoms with E-state index in [2.05, 4.69) is 10.6 Å². The van der Waals surface area contributed by atoms with E-state index in [1.807, 2.05) is 24.3 Å². The van der Waals surface area contributed by atoms with Crippen LogP contribution in [-0.2, 0) is 0 Å². The second kappa shape index (κ2) is 9.49. The molecule has 1 aliphatic heterocycles. The van der Waals surface area contributed by atoms with Crippen LogP contribution in [0, 0.1) is 0 Å². The van der Waals surface area contributed by atoms with Gasteiger partial charge >= 0.3 is 12.1 Å². The Morgan fingerprint density at radius 2 is 1.97 bits per heavy atom. The molecule has 4 amide bonds. The molecule has 0 radical (unpaired) electrons. The fraction of sp³-hybridized carbons (Fsp3) is 0.350. The van der Waals surface area contributed by atoms with Crippen LogP contribution in [0.25, 0.3) is 10.4 Å². The van der Waals surface area contributed by atoms with E-state index < -0.39 is 12.1 Å². The van der Waals surface area contributed by atoms with Crippen molar-refractivity contribution in [2.45, 2.75) is 25.3 Å². The number of ether oxygens (including phenoxy) is 1. The molecule has 1 saturated heterocycles. The number of benzene rings is 1. The smallest absolute Gasteiger partial charge is 0.407 e. The minimum absolute atomic E-state index is 0.231. The maximum atomic E-state index is 13.0. The molecule has 30 heavy (non-hydrogen) atoms. The molecule has 1 aromatic heterocycles. The zero-order valence-corrected chi connectivity index (χ0v) is 17.3. The van der Waals surface area contributed by atoms with Gasteiger partial charge in [0.05, 0.1) is 12.7 Å². The quantitative estimate of drug-likeness (QED) is 0.576. The van der Waals surface area contributed by atoms with E-state index >= 15 is 0 Å². The van der Waals surface area contributed by atoms with Crippen LogP contribution in [0.3, 0.4) is 0 Å². The number of carboxylic acid groups (broad SMARTS) is 1. The molecule has 0 bridgehead atoms. The van der Waals surface area contributed by atoms with Crippen LogP contribution in [0.5, 0.6) is 5.75 Å². The molecule has 5 N–H and O–H groups in total. The van der Waals surface area contributed by atoms with E-state index in [4.69, 9.17) is 10.5 Å². The molecule has 0 spiro atoms. The number of hydrogen-bond donors (Lipinski definition) is 4. The van der Waals surface area contributed by atoms with E-state index in [0.29, 0.717) is 23.7 Å². The monoisotopic (exact) mass is 432 g/mol. The number of rotatable bonds is 5. The van der Waals surface area contributed by atoms with Crippen molar-refractivity contribution in [3.05, 3.63) is 35.9 Å². The summed E-state index contributed by atoms with van der Waals surface area (Å²) in [7, 11) is 1.58. The van der Waals surface area contributed by atoms with Crippen molar-refractivity contribution >= 4 is 34.4 Å². The van der Waals surface area contributed by atoms with Crippen LogP contribution >= 0.6 is 11.3 Å². The Labute approximate surface area is 177 Å². The Balaban J connectivity index is 1.83. The average molecular weight is 433 g/mol. The number of carbonyl (C=O) groups excluding carboxylic acids is 2. The molecule has 3 rings (SSSR count). The summed E-state index contributed by atoms with van der Waals surface area (Å²) in [5, 5.41) is 15.0. The molecule has 2 aromatic rings. The summed E-state index contributed by atoms with van der Waals surface area (Å²) in [4.78, 5) is 37.8. The number of carbonyl (C=O) groups is 3. The van der Waals surface area contributed by atoms with E-state index in [0.717, 1.165) is 23.3 Å². The van der Waals surface area contributed by atoms with E-state index in [1.54, 1.807) is 13.2 Å². The fourth-order valence-corrected chi connectivity index (χ4v) is 4.42. The first kappa shape index (κ1) is 21.4. The lowest BCUT2D eigenvalue weighted by molar-refractivity contribution is 0.0921. The standard InChI is InChI=1S/C20H24N4O5S/c1-29-14-7-5-12(6-8-14)16-10-15(18(30-16)23-19(21)26)17(25)22-13-4-2-3-9-24(11-13)20(27)28/h5-8,10,13H,2-4,9,11H2,1H3,(H,22,25)(H,27,28)(H3,21,23,26)/t13-/m0/s1. The fourth-order valence-electron chi connectivity index (χ4n) is 3.36. The number of urea groups is 1. The summed E-state index contributed by atoms with van der Waals surface area (Å²) < 4.78 is 5.17. The zero-order valence-electron chi connectivity index (χ0n) is 16.5. The normalized spacial score (nSPS) is 16.4. The van der Waals surface area contributed by atoms with Gasteiger partial charge in [-0.15, -0.1) is 11.3 Å². The number of methoxy groups -OCH3 is 1. The van der Waals surface area contributed by atoms with Gasteiger partial charge in [-0.1, -0.05) is 0 Å². The van der Waals surface area contributed by atoms with Crippen molar-refractivity contribution < 1.29 is 24.2 Å². The summed E-state index contributed by atoms with van der Waals surface area (Å²) in [6.45, 7) is 0.686. The average Bonchev–Trinajstić information content (AvgIpc) is 2.97. The van der Waals surface area contributed by atoms with Gasteiger partial charge in [0.15, 0.2) is 0 Å². The molecule has 0 aliphatic carbocycles. The number of anilines is 1. The largest absolute Gasteiger partial charge is 0.497 e. The summed E-state index contributed by atoms with van der Waals surface area (Å²) in [5.74, 6) is 0.326. The van der Waals surface area contributed by atoms with Gasteiger partial charge in [-0.25, -0.2) is 9.59 Å². The first-order chi connectivity index (χ1) is 14.4. The van der Waals surface area contributed by atoms with Crippen molar-refractivity contribution in [2.75, 3.05) is 25.5 Å². The van der Waals surface area contributed by atoms with Crippen LogP contribution in [0.15, 0.2) is 30.3 Å². The SMILES string of the molecule is COc1ccc(-c2cc(C(=O)N[C@H]3CCCCN(C(=O)O)C3)c(NC(N)=O)s2)cc1. The highest BCUT2D eigenvalue weighted by atomic mass is 32.1. The highest BCUT2D eigenvalue weighted by Crippen LogP contribution is 2.36. The second-order valence-corrected chi connectivity index (χ2v) is 8.02. The van der Waals surface area contributed by atoms with Crippen LogP contribution in [0.1, 0.15) is 29.6 Å². The predicted octanol–water partition coefficient (Wildman–Crippen LogP) is 3.18. The topological polar surface area (TPSA) is 134 Å². The Morgan fingerprint density at radius 1 is 1.23 bits per heavy atom. The van der Waals surface area contributed by atoms with Gasteiger partial charge in [0.25, 0.3) is 5.91 Å². The van der Waals surface area contributed by atoms with Gasteiger partial charge in [0.2, 0.25) is 0 Å². The van der Waals surface area contributed by atoms with Crippen molar-refractivity contribution in [3.63, 3.8) is 0 Å². The number of likely N-dealkylation sites (tertiary alicyclic amines) is 1. The summed E-state index contributed by atoms with van der Waals surface area (Å²) in [5.41, 5.74) is 6.42. The third-order valence-electron chi connectivity index (χ3n) is 4.87. The first-order valence-corrected chi connectivity index (χ1v) is 10.3. The first-order valence-electron chi connectivity index (χ1n) is 9.51. The number of thiophene rings is 1. The Bertz CT molecular complexity index is 928. The third kappa shape index (κ3) is 5.20. The van der Waals surface area contributed by atoms with Crippen LogP contribution in [0.2, 0.25) is 0 Å². The molecule has 2 heterocycles. The van der Waals surface area contributed by atoms with E-state index in [1.165, 1.54) is 16.2 Å². The van der Waals surface area contributed by atoms with Gasteiger partial charge in [0, 0.05) is 24.0 Å². The van der Waals surface area contributed by atoms with Gasteiger partial charge < -0.3 is 25.8 Å². The molecule has 1 aliphatic rings. The summed E-state index contributed by atoms with van der Waals surface area (Å²) in [6.07, 6.45) is 1.27. The summed E-state index contributed by atoms with van der Waals surface area (Å²) in [6, 6.07) is 7.95. The minimum Gasteiger partial charge on any atom is -0.497 e. The predicted molar refractivity (Wildman–Crippen MR) is 114 cm³/mol. The molecule has 0 unspecified atom stereocenters. The molecule has 0 saturated carbocycles. The highest BCUT2D eigenvalue weighted by Gasteiger charge is 2.25. The van der Waals surface area contributed by atoms with Crippen molar-refractivity contribution in [1.82, 2.24) is 10.2 Å². The van der Waals surface area contributed by atoms with Crippen molar-refractivity contribution in [2.24, 2.45) is 5.73 Å². The maximum Gasteiger partial charge on any atom is 0.407 e. The van der Waals surface area contributed by atoms with Crippen LogP contribution in [-0.4, -0.2) is 54.3 Å². The Morgan fingerprint density at radius 3 is 2.60 bits per heavy atom. The van der Waals surface area contributed by atoms with Gasteiger partial charge in [-0.3, -0.25) is 10.1 Å². The molecule has 10 heteroatoms.